The Hall–Kier alpha value is -3.36. The first-order chi connectivity index (χ1) is 19.2. The summed E-state index contributed by atoms with van der Waals surface area (Å²) in [5.74, 6) is -0.686. The number of anilines is 1. The van der Waals surface area contributed by atoms with Gasteiger partial charge in [0.15, 0.2) is 0 Å². The second-order valence-corrected chi connectivity index (χ2v) is 12.5. The summed E-state index contributed by atoms with van der Waals surface area (Å²) in [5.41, 5.74) is 2.03. The van der Waals surface area contributed by atoms with Crippen LogP contribution in [0.4, 0.5) is 5.69 Å². The van der Waals surface area contributed by atoms with Crippen molar-refractivity contribution in [2.75, 3.05) is 10.8 Å². The summed E-state index contributed by atoms with van der Waals surface area (Å²) in [6.07, 6.45) is 4.36. The van der Waals surface area contributed by atoms with E-state index in [1.54, 1.807) is 48.5 Å². The van der Waals surface area contributed by atoms with Crippen LogP contribution in [0.1, 0.15) is 50.2 Å². The molecule has 0 radical (unpaired) electrons. The van der Waals surface area contributed by atoms with Gasteiger partial charge >= 0.3 is 0 Å². The van der Waals surface area contributed by atoms with Crippen molar-refractivity contribution in [1.29, 1.82) is 0 Å². The number of carbonyl (C=O) groups is 2. The zero-order chi connectivity index (χ0) is 28.7. The third-order valence-electron chi connectivity index (χ3n) is 7.25. The molecule has 1 aliphatic rings. The van der Waals surface area contributed by atoms with Crippen LogP contribution in [0.15, 0.2) is 83.8 Å². The Bertz CT molecular complexity index is 1410. The van der Waals surface area contributed by atoms with Crippen LogP contribution in [0.5, 0.6) is 0 Å². The molecule has 0 aromatic heterocycles. The first-order valence-electron chi connectivity index (χ1n) is 13.7. The van der Waals surface area contributed by atoms with Gasteiger partial charge in [0.25, 0.3) is 10.0 Å². The monoisotopic (exact) mass is 581 g/mol. The summed E-state index contributed by atoms with van der Waals surface area (Å²) in [6, 6.07) is 21.5. The van der Waals surface area contributed by atoms with Crippen molar-refractivity contribution in [1.82, 2.24) is 10.2 Å². The zero-order valence-electron chi connectivity index (χ0n) is 22.9. The topological polar surface area (TPSA) is 86.8 Å². The molecule has 3 aromatic carbocycles. The fourth-order valence-corrected chi connectivity index (χ4v) is 6.66. The number of carbonyl (C=O) groups excluding carboxylic acids is 2. The summed E-state index contributed by atoms with van der Waals surface area (Å²) in [5, 5.41) is 3.69. The molecule has 2 amide bonds. The molecule has 0 bridgehead atoms. The summed E-state index contributed by atoms with van der Waals surface area (Å²) in [7, 11) is -4.08. The smallest absolute Gasteiger partial charge is 0.264 e. The molecule has 212 valence electrons. The van der Waals surface area contributed by atoms with Gasteiger partial charge in [-0.05, 0) is 73.7 Å². The van der Waals surface area contributed by atoms with Crippen LogP contribution in [0.2, 0.25) is 5.02 Å². The molecule has 40 heavy (non-hydrogen) atoms. The molecule has 9 heteroatoms. The highest BCUT2D eigenvalue weighted by molar-refractivity contribution is 7.92. The minimum atomic E-state index is -4.08. The number of hydrogen-bond donors (Lipinski definition) is 1. The molecule has 1 fully saturated rings. The van der Waals surface area contributed by atoms with E-state index in [2.05, 4.69) is 5.32 Å². The van der Waals surface area contributed by atoms with Gasteiger partial charge in [-0.15, -0.1) is 0 Å². The molecule has 1 atom stereocenters. The molecule has 4 rings (SSSR count). The van der Waals surface area contributed by atoms with Gasteiger partial charge in [0.1, 0.15) is 12.6 Å². The van der Waals surface area contributed by atoms with E-state index in [0.29, 0.717) is 17.1 Å². The Labute approximate surface area is 242 Å². The average molecular weight is 582 g/mol. The molecule has 0 unspecified atom stereocenters. The number of nitrogens with one attached hydrogen (secondary N) is 1. The van der Waals surface area contributed by atoms with E-state index >= 15 is 0 Å². The maximum absolute atomic E-state index is 14.1. The predicted molar refractivity (Wildman–Crippen MR) is 159 cm³/mol. The standard InChI is InChI=1S/C31H36ClN3O4S/c1-3-29(31(37)33-26-11-7-8-12-26)34(21-24-16-18-25(32)19-17-24)30(36)22-35(27-13-9-10-23(2)20-27)40(38,39)28-14-5-4-6-15-28/h4-6,9-10,13-20,26,29H,3,7-8,11-12,21-22H2,1-2H3,(H,33,37)/t29-/m1/s1. The van der Waals surface area contributed by atoms with Crippen molar-refractivity contribution < 1.29 is 18.0 Å². The number of sulfonamides is 1. The summed E-state index contributed by atoms with van der Waals surface area (Å²) in [4.78, 5) is 29.2. The van der Waals surface area contributed by atoms with E-state index in [0.717, 1.165) is 41.1 Å². The number of benzene rings is 3. The highest BCUT2D eigenvalue weighted by Gasteiger charge is 2.34. The van der Waals surface area contributed by atoms with Crippen LogP contribution in [0, 0.1) is 6.92 Å². The minimum Gasteiger partial charge on any atom is -0.352 e. The van der Waals surface area contributed by atoms with E-state index < -0.39 is 28.5 Å². The van der Waals surface area contributed by atoms with Crippen molar-refractivity contribution in [2.24, 2.45) is 0 Å². The van der Waals surface area contributed by atoms with Crippen molar-refractivity contribution in [3.05, 3.63) is 95.0 Å². The van der Waals surface area contributed by atoms with Crippen LogP contribution in [-0.4, -0.2) is 43.8 Å². The summed E-state index contributed by atoms with van der Waals surface area (Å²) < 4.78 is 28.9. The highest BCUT2D eigenvalue weighted by atomic mass is 35.5. The average Bonchev–Trinajstić information content (AvgIpc) is 3.46. The third-order valence-corrected chi connectivity index (χ3v) is 9.29. The van der Waals surface area contributed by atoms with Crippen molar-refractivity contribution in [2.45, 2.75) is 69.5 Å². The minimum absolute atomic E-state index is 0.0829. The van der Waals surface area contributed by atoms with Crippen LogP contribution in [0.25, 0.3) is 0 Å². The molecular formula is C31H36ClN3O4S. The first kappa shape index (κ1) is 29.6. The zero-order valence-corrected chi connectivity index (χ0v) is 24.5. The lowest BCUT2D eigenvalue weighted by atomic mass is 10.1. The van der Waals surface area contributed by atoms with Gasteiger partial charge < -0.3 is 10.2 Å². The Balaban J connectivity index is 1.70. The van der Waals surface area contributed by atoms with Crippen LogP contribution < -0.4 is 9.62 Å². The number of halogens is 1. The lowest BCUT2D eigenvalue weighted by Crippen LogP contribution is -2.53. The van der Waals surface area contributed by atoms with Gasteiger partial charge in [-0.3, -0.25) is 13.9 Å². The number of nitrogens with zero attached hydrogens (tertiary/aromatic N) is 2. The molecule has 7 nitrogen and oxygen atoms in total. The first-order valence-corrected chi connectivity index (χ1v) is 15.5. The van der Waals surface area contributed by atoms with Gasteiger partial charge in [-0.25, -0.2) is 8.42 Å². The van der Waals surface area contributed by atoms with Crippen molar-refractivity contribution >= 4 is 39.1 Å². The molecule has 0 heterocycles. The van der Waals surface area contributed by atoms with E-state index in [1.807, 2.05) is 32.0 Å². The molecule has 0 saturated heterocycles. The molecule has 3 aromatic rings. The predicted octanol–water partition coefficient (Wildman–Crippen LogP) is 5.71. The largest absolute Gasteiger partial charge is 0.352 e. The van der Waals surface area contributed by atoms with Crippen LogP contribution in [-0.2, 0) is 26.2 Å². The van der Waals surface area contributed by atoms with Crippen LogP contribution >= 0.6 is 11.6 Å². The molecular weight excluding hydrogens is 546 g/mol. The normalized spacial score (nSPS) is 14.5. The van der Waals surface area contributed by atoms with E-state index in [4.69, 9.17) is 11.6 Å². The lowest BCUT2D eigenvalue weighted by molar-refractivity contribution is -0.140. The maximum atomic E-state index is 14.1. The van der Waals surface area contributed by atoms with Gasteiger partial charge in [-0.1, -0.05) is 73.8 Å². The fraction of sp³-hybridized carbons (Fsp3) is 0.355. The second-order valence-electron chi connectivity index (χ2n) is 10.2. The highest BCUT2D eigenvalue weighted by Crippen LogP contribution is 2.26. The van der Waals surface area contributed by atoms with E-state index in [9.17, 15) is 18.0 Å². The van der Waals surface area contributed by atoms with Gasteiger partial charge in [-0.2, -0.15) is 0 Å². The maximum Gasteiger partial charge on any atom is 0.264 e. The van der Waals surface area contributed by atoms with E-state index in [1.165, 1.54) is 17.0 Å². The quantitative estimate of drug-likeness (QED) is 0.314. The van der Waals surface area contributed by atoms with Gasteiger partial charge in [0, 0.05) is 17.6 Å². The SMILES string of the molecule is CC[C@H](C(=O)NC1CCCC1)N(Cc1ccc(Cl)cc1)C(=O)CN(c1cccc(C)c1)S(=O)(=O)c1ccccc1. The number of rotatable bonds is 11. The second kappa shape index (κ2) is 13.3. The molecule has 0 spiro atoms. The summed E-state index contributed by atoms with van der Waals surface area (Å²) >= 11 is 6.09. The molecule has 0 aliphatic heterocycles. The van der Waals surface area contributed by atoms with Gasteiger partial charge in [0.2, 0.25) is 11.8 Å². The summed E-state index contributed by atoms with van der Waals surface area (Å²) in [6.45, 7) is 3.41. The Morgan fingerprint density at radius 2 is 1.65 bits per heavy atom. The lowest BCUT2D eigenvalue weighted by Gasteiger charge is -2.34. The van der Waals surface area contributed by atoms with Crippen LogP contribution in [0.3, 0.4) is 0 Å². The Morgan fingerprint density at radius 1 is 0.975 bits per heavy atom. The van der Waals surface area contributed by atoms with E-state index in [-0.39, 0.29) is 23.4 Å². The Morgan fingerprint density at radius 3 is 2.27 bits per heavy atom. The Kier molecular flexibility index (Phi) is 9.87. The molecule has 1 saturated carbocycles. The fourth-order valence-electron chi connectivity index (χ4n) is 5.11. The molecule has 1 aliphatic carbocycles. The molecule has 1 N–H and O–H groups in total. The van der Waals surface area contributed by atoms with Gasteiger partial charge in [0.05, 0.1) is 10.6 Å². The van der Waals surface area contributed by atoms with Crippen molar-refractivity contribution in [3.63, 3.8) is 0 Å². The third kappa shape index (κ3) is 7.23. The number of amides is 2. The van der Waals surface area contributed by atoms with Crippen molar-refractivity contribution in [3.8, 4) is 0 Å². The number of hydrogen-bond acceptors (Lipinski definition) is 4. The number of aryl methyl sites for hydroxylation is 1.